The summed E-state index contributed by atoms with van der Waals surface area (Å²) in [6.07, 6.45) is 3.53. The van der Waals surface area contributed by atoms with Gasteiger partial charge in [-0.15, -0.1) is 0 Å². The third kappa shape index (κ3) is 3.54. The van der Waals surface area contributed by atoms with Crippen molar-refractivity contribution in [2.24, 2.45) is 10.9 Å². The van der Waals surface area contributed by atoms with Gasteiger partial charge in [0.25, 0.3) is 0 Å². The Kier molecular flexibility index (Phi) is 4.78. The lowest BCUT2D eigenvalue weighted by atomic mass is 10.3. The highest BCUT2D eigenvalue weighted by molar-refractivity contribution is 6.30. The largest absolute Gasteiger partial charge is 0.409 e. The van der Waals surface area contributed by atoms with E-state index in [0.717, 1.165) is 6.54 Å². The van der Waals surface area contributed by atoms with E-state index in [1.807, 2.05) is 11.8 Å². The Hall–Kier alpha value is -1.56. The molecule has 0 aliphatic heterocycles. The molecular weight excluding hydrogens is 230 g/mol. The van der Waals surface area contributed by atoms with Gasteiger partial charge in [-0.1, -0.05) is 16.8 Å². The van der Waals surface area contributed by atoms with E-state index < -0.39 is 0 Å². The van der Waals surface area contributed by atoms with Crippen LogP contribution in [-0.2, 0) is 0 Å². The first-order valence-corrected chi connectivity index (χ1v) is 5.24. The Bertz CT molecular complexity index is 353. The smallest absolute Gasteiger partial charge is 0.225 e. The van der Waals surface area contributed by atoms with Crippen LogP contribution in [0.4, 0.5) is 5.95 Å². The maximum absolute atomic E-state index is 8.42. The minimum Gasteiger partial charge on any atom is -0.409 e. The molecule has 0 spiro atoms. The summed E-state index contributed by atoms with van der Waals surface area (Å²) in [5, 5.41) is 11.8. The number of aromatic nitrogens is 2. The molecule has 0 radical (unpaired) electrons. The van der Waals surface area contributed by atoms with Crippen molar-refractivity contribution in [2.75, 3.05) is 18.0 Å². The number of hydrogen-bond donors (Lipinski definition) is 2. The maximum atomic E-state index is 8.42. The zero-order valence-electron chi connectivity index (χ0n) is 8.97. The standard InChI is InChI=1S/C9H14ClN5O/c1-2-15(4-3-8(11)14-16)9-12-5-7(10)6-13-9/h5-6,16H,2-4H2,1H3,(H2,11,14). The molecule has 0 fully saturated rings. The van der Waals surface area contributed by atoms with Gasteiger partial charge in [0, 0.05) is 19.5 Å². The number of nitrogens with zero attached hydrogens (tertiary/aromatic N) is 4. The number of halogens is 1. The lowest BCUT2D eigenvalue weighted by Gasteiger charge is -2.19. The average Bonchev–Trinajstić information content (AvgIpc) is 2.31. The second kappa shape index (κ2) is 6.12. The number of rotatable bonds is 5. The van der Waals surface area contributed by atoms with E-state index in [9.17, 15) is 0 Å². The molecule has 0 aliphatic carbocycles. The van der Waals surface area contributed by atoms with Crippen LogP contribution < -0.4 is 10.6 Å². The van der Waals surface area contributed by atoms with Crippen LogP contribution in [0, 0.1) is 0 Å². The van der Waals surface area contributed by atoms with E-state index in [1.54, 1.807) is 0 Å². The Labute approximate surface area is 98.7 Å². The topological polar surface area (TPSA) is 87.6 Å². The van der Waals surface area contributed by atoms with Crippen molar-refractivity contribution in [3.63, 3.8) is 0 Å². The Morgan fingerprint density at radius 3 is 2.69 bits per heavy atom. The third-order valence-corrected chi connectivity index (χ3v) is 2.23. The fraction of sp³-hybridized carbons (Fsp3) is 0.444. The van der Waals surface area contributed by atoms with Crippen molar-refractivity contribution in [3.8, 4) is 0 Å². The van der Waals surface area contributed by atoms with Crippen LogP contribution >= 0.6 is 11.6 Å². The van der Waals surface area contributed by atoms with Crippen molar-refractivity contribution in [2.45, 2.75) is 13.3 Å². The molecular formula is C9H14ClN5O. The number of amidine groups is 1. The normalized spacial score (nSPS) is 11.5. The van der Waals surface area contributed by atoms with Gasteiger partial charge in [0.05, 0.1) is 17.4 Å². The monoisotopic (exact) mass is 243 g/mol. The van der Waals surface area contributed by atoms with Gasteiger partial charge in [-0.25, -0.2) is 9.97 Å². The summed E-state index contributed by atoms with van der Waals surface area (Å²) in [6, 6.07) is 0. The molecule has 1 aromatic rings. The predicted molar refractivity (Wildman–Crippen MR) is 63.0 cm³/mol. The molecule has 3 N–H and O–H groups in total. The van der Waals surface area contributed by atoms with Crippen molar-refractivity contribution >= 4 is 23.4 Å². The quantitative estimate of drug-likeness (QED) is 0.350. The molecule has 0 bridgehead atoms. The summed E-state index contributed by atoms with van der Waals surface area (Å²) in [7, 11) is 0. The first-order chi connectivity index (χ1) is 7.67. The molecule has 88 valence electrons. The fourth-order valence-electron chi connectivity index (χ4n) is 1.17. The van der Waals surface area contributed by atoms with Crippen molar-refractivity contribution in [3.05, 3.63) is 17.4 Å². The average molecular weight is 244 g/mol. The van der Waals surface area contributed by atoms with Crippen LogP contribution in [0.5, 0.6) is 0 Å². The fourth-order valence-corrected chi connectivity index (χ4v) is 1.27. The first kappa shape index (κ1) is 12.5. The van der Waals surface area contributed by atoms with Crippen LogP contribution in [-0.4, -0.2) is 34.1 Å². The van der Waals surface area contributed by atoms with Crippen LogP contribution in [0.1, 0.15) is 13.3 Å². The molecule has 16 heavy (non-hydrogen) atoms. The van der Waals surface area contributed by atoms with Crippen LogP contribution in [0.15, 0.2) is 17.5 Å². The first-order valence-electron chi connectivity index (χ1n) is 4.86. The van der Waals surface area contributed by atoms with E-state index in [4.69, 9.17) is 22.5 Å². The SMILES string of the molecule is CCN(CCC(N)=NO)c1ncc(Cl)cn1. The highest BCUT2D eigenvalue weighted by atomic mass is 35.5. The highest BCUT2D eigenvalue weighted by Crippen LogP contribution is 2.10. The van der Waals surface area contributed by atoms with Crippen molar-refractivity contribution < 1.29 is 5.21 Å². The minimum atomic E-state index is 0.187. The lowest BCUT2D eigenvalue weighted by molar-refractivity contribution is 0.317. The molecule has 1 rings (SSSR count). The van der Waals surface area contributed by atoms with E-state index in [1.165, 1.54) is 12.4 Å². The number of oxime groups is 1. The Balaban J connectivity index is 2.64. The molecule has 1 heterocycles. The molecule has 6 nitrogen and oxygen atoms in total. The summed E-state index contributed by atoms with van der Waals surface area (Å²) in [4.78, 5) is 10.1. The van der Waals surface area contributed by atoms with Crippen LogP contribution in [0.3, 0.4) is 0 Å². The Morgan fingerprint density at radius 1 is 1.56 bits per heavy atom. The summed E-state index contributed by atoms with van der Waals surface area (Å²) >= 11 is 5.69. The van der Waals surface area contributed by atoms with Gasteiger partial charge < -0.3 is 15.8 Å². The molecule has 0 saturated carbocycles. The van der Waals surface area contributed by atoms with E-state index in [0.29, 0.717) is 23.9 Å². The summed E-state index contributed by atoms with van der Waals surface area (Å²) in [5.74, 6) is 0.769. The summed E-state index contributed by atoms with van der Waals surface area (Å²) in [5.41, 5.74) is 5.39. The summed E-state index contributed by atoms with van der Waals surface area (Å²) in [6.45, 7) is 3.30. The van der Waals surface area contributed by atoms with Crippen LogP contribution in [0.25, 0.3) is 0 Å². The van der Waals surface area contributed by atoms with E-state index in [2.05, 4.69) is 15.1 Å². The van der Waals surface area contributed by atoms with Gasteiger partial charge >= 0.3 is 0 Å². The van der Waals surface area contributed by atoms with Crippen LogP contribution in [0.2, 0.25) is 5.02 Å². The molecule has 1 aromatic heterocycles. The molecule has 0 aliphatic rings. The maximum Gasteiger partial charge on any atom is 0.225 e. The number of nitrogens with two attached hydrogens (primary N) is 1. The Morgan fingerprint density at radius 2 is 2.19 bits per heavy atom. The molecule has 0 saturated heterocycles. The number of hydrogen-bond acceptors (Lipinski definition) is 5. The second-order valence-corrected chi connectivity index (χ2v) is 3.56. The number of anilines is 1. The van der Waals surface area contributed by atoms with Gasteiger partial charge in [-0.2, -0.15) is 0 Å². The van der Waals surface area contributed by atoms with Gasteiger partial charge in [0.1, 0.15) is 5.84 Å². The van der Waals surface area contributed by atoms with Gasteiger partial charge in [-0.3, -0.25) is 0 Å². The molecule has 0 amide bonds. The van der Waals surface area contributed by atoms with E-state index >= 15 is 0 Å². The second-order valence-electron chi connectivity index (χ2n) is 3.12. The lowest BCUT2D eigenvalue weighted by Crippen LogP contribution is -2.29. The minimum absolute atomic E-state index is 0.187. The molecule has 7 heteroatoms. The van der Waals surface area contributed by atoms with Gasteiger partial charge in [-0.05, 0) is 6.92 Å². The van der Waals surface area contributed by atoms with Crippen molar-refractivity contribution in [1.82, 2.24) is 9.97 Å². The van der Waals surface area contributed by atoms with Gasteiger partial charge in [0.2, 0.25) is 5.95 Å². The zero-order valence-corrected chi connectivity index (χ0v) is 9.72. The highest BCUT2D eigenvalue weighted by Gasteiger charge is 2.07. The summed E-state index contributed by atoms with van der Waals surface area (Å²) < 4.78 is 0. The predicted octanol–water partition coefficient (Wildman–Crippen LogP) is 1.09. The zero-order chi connectivity index (χ0) is 12.0. The molecule has 0 unspecified atom stereocenters. The van der Waals surface area contributed by atoms with Gasteiger partial charge in [0.15, 0.2) is 0 Å². The van der Waals surface area contributed by atoms with E-state index in [-0.39, 0.29) is 5.84 Å². The molecule has 0 atom stereocenters. The third-order valence-electron chi connectivity index (χ3n) is 2.04. The molecule has 0 aromatic carbocycles. The van der Waals surface area contributed by atoms with Crippen molar-refractivity contribution in [1.29, 1.82) is 0 Å².